The molecule has 1 aromatic heterocycles. The second-order valence-corrected chi connectivity index (χ2v) is 6.18. The van der Waals surface area contributed by atoms with E-state index in [-0.39, 0.29) is 11.9 Å². The number of aromatic nitrogens is 2. The number of amides is 1. The second-order valence-electron chi connectivity index (χ2n) is 6.18. The molecule has 5 heteroatoms. The Balaban J connectivity index is 1.55. The van der Waals surface area contributed by atoms with Gasteiger partial charge in [-0.05, 0) is 30.4 Å². The smallest absolute Gasteiger partial charge is 0.322 e. The Hall–Kier alpha value is -2.17. The first kappa shape index (κ1) is 15.7. The van der Waals surface area contributed by atoms with Crippen LogP contribution in [-0.2, 0) is 17.6 Å². The van der Waals surface area contributed by atoms with Crippen LogP contribution in [0.4, 0.5) is 6.01 Å². The van der Waals surface area contributed by atoms with Crippen LogP contribution in [0.3, 0.4) is 0 Å². The molecule has 122 valence electrons. The highest BCUT2D eigenvalue weighted by Crippen LogP contribution is 2.32. The molecule has 1 amide bonds. The average Bonchev–Trinajstić information content (AvgIpc) is 3.04. The Kier molecular flexibility index (Phi) is 5.05. The number of nitrogens with zero attached hydrogens (tertiary/aromatic N) is 2. The van der Waals surface area contributed by atoms with E-state index in [4.69, 9.17) is 4.42 Å². The topological polar surface area (TPSA) is 68.0 Å². The van der Waals surface area contributed by atoms with E-state index in [9.17, 15) is 4.79 Å². The minimum Gasteiger partial charge on any atom is -0.408 e. The molecule has 0 atom stereocenters. The molecular formula is C18H23N3O2. The van der Waals surface area contributed by atoms with Crippen molar-refractivity contribution in [3.63, 3.8) is 0 Å². The molecule has 0 aliphatic heterocycles. The Bertz CT molecular complexity index is 643. The second kappa shape index (κ2) is 7.40. The molecule has 1 saturated carbocycles. The van der Waals surface area contributed by atoms with Gasteiger partial charge < -0.3 is 4.42 Å². The maximum absolute atomic E-state index is 12.1. The number of anilines is 1. The maximum atomic E-state index is 12.1. The van der Waals surface area contributed by atoms with Gasteiger partial charge in [0.1, 0.15) is 0 Å². The summed E-state index contributed by atoms with van der Waals surface area (Å²) in [6, 6.07) is 8.28. The predicted octanol–water partition coefficient (Wildman–Crippen LogP) is 3.86. The molecule has 1 aromatic carbocycles. The van der Waals surface area contributed by atoms with Crippen LogP contribution in [0.2, 0.25) is 0 Å². The van der Waals surface area contributed by atoms with Crippen molar-refractivity contribution in [1.29, 1.82) is 0 Å². The third-order valence-electron chi connectivity index (χ3n) is 4.44. The molecule has 0 radical (unpaired) electrons. The largest absolute Gasteiger partial charge is 0.408 e. The third kappa shape index (κ3) is 4.18. The van der Waals surface area contributed by atoms with Crippen molar-refractivity contribution in [3.05, 3.63) is 41.3 Å². The van der Waals surface area contributed by atoms with Crippen molar-refractivity contribution < 1.29 is 9.21 Å². The van der Waals surface area contributed by atoms with Gasteiger partial charge in [-0.1, -0.05) is 55.6 Å². The van der Waals surface area contributed by atoms with E-state index in [0.29, 0.717) is 18.2 Å². The van der Waals surface area contributed by atoms with Crippen molar-refractivity contribution in [2.75, 3.05) is 5.32 Å². The average molecular weight is 313 g/mol. The number of hydrogen-bond donors (Lipinski definition) is 1. The van der Waals surface area contributed by atoms with Crippen LogP contribution in [0.1, 0.15) is 62.0 Å². The third-order valence-corrected chi connectivity index (χ3v) is 4.44. The minimum atomic E-state index is -0.131. The van der Waals surface area contributed by atoms with Gasteiger partial charge in [-0.25, -0.2) is 0 Å². The standard InChI is InChI=1S/C18H23N3O2/c1-2-13-8-10-14(11-9-13)12-16(22)19-18-21-20-17(23-18)15-6-4-3-5-7-15/h8-11,15H,2-7,12H2,1H3,(H,19,21,22). The summed E-state index contributed by atoms with van der Waals surface area (Å²) in [5.41, 5.74) is 2.25. The van der Waals surface area contributed by atoms with Gasteiger partial charge in [-0.15, -0.1) is 5.10 Å². The van der Waals surface area contributed by atoms with Crippen LogP contribution in [0.5, 0.6) is 0 Å². The van der Waals surface area contributed by atoms with Crippen LogP contribution in [0.15, 0.2) is 28.7 Å². The van der Waals surface area contributed by atoms with Crippen molar-refractivity contribution in [2.24, 2.45) is 0 Å². The Labute approximate surface area is 136 Å². The molecule has 0 saturated heterocycles. The molecule has 0 spiro atoms. The summed E-state index contributed by atoms with van der Waals surface area (Å²) in [6.45, 7) is 2.11. The zero-order valence-corrected chi connectivity index (χ0v) is 13.5. The summed E-state index contributed by atoms with van der Waals surface area (Å²) < 4.78 is 5.61. The van der Waals surface area contributed by atoms with Crippen LogP contribution >= 0.6 is 0 Å². The first-order chi connectivity index (χ1) is 11.2. The Morgan fingerprint density at radius 3 is 2.52 bits per heavy atom. The lowest BCUT2D eigenvalue weighted by atomic mass is 9.89. The quantitative estimate of drug-likeness (QED) is 0.910. The summed E-state index contributed by atoms with van der Waals surface area (Å²) in [5, 5.41) is 10.7. The van der Waals surface area contributed by atoms with Gasteiger partial charge in [-0.3, -0.25) is 10.1 Å². The highest BCUT2D eigenvalue weighted by atomic mass is 16.4. The molecule has 23 heavy (non-hydrogen) atoms. The fraction of sp³-hybridized carbons (Fsp3) is 0.500. The summed E-state index contributed by atoms with van der Waals surface area (Å²) in [5.74, 6) is 0.879. The van der Waals surface area contributed by atoms with Crippen molar-refractivity contribution in [3.8, 4) is 0 Å². The molecule has 2 aromatic rings. The molecule has 1 aliphatic rings. The molecule has 0 unspecified atom stereocenters. The summed E-state index contributed by atoms with van der Waals surface area (Å²) in [6.07, 6.45) is 7.21. The minimum absolute atomic E-state index is 0.131. The number of benzene rings is 1. The summed E-state index contributed by atoms with van der Waals surface area (Å²) in [4.78, 5) is 12.1. The molecular weight excluding hydrogens is 290 g/mol. The number of carbonyl (C=O) groups is 1. The van der Waals surface area contributed by atoms with E-state index in [1.807, 2.05) is 12.1 Å². The molecule has 0 bridgehead atoms. The zero-order chi connectivity index (χ0) is 16.1. The SMILES string of the molecule is CCc1ccc(CC(=O)Nc2nnc(C3CCCCC3)o2)cc1. The molecule has 3 rings (SSSR count). The van der Waals surface area contributed by atoms with E-state index < -0.39 is 0 Å². The van der Waals surface area contributed by atoms with Crippen molar-refractivity contribution in [2.45, 2.75) is 57.8 Å². The van der Waals surface area contributed by atoms with E-state index >= 15 is 0 Å². The van der Waals surface area contributed by atoms with Gasteiger partial charge >= 0.3 is 6.01 Å². The number of rotatable bonds is 5. The molecule has 5 nitrogen and oxygen atoms in total. The fourth-order valence-electron chi connectivity index (χ4n) is 3.04. The normalized spacial score (nSPS) is 15.5. The van der Waals surface area contributed by atoms with Gasteiger partial charge in [0.15, 0.2) is 0 Å². The highest BCUT2D eigenvalue weighted by molar-refractivity contribution is 5.90. The van der Waals surface area contributed by atoms with E-state index in [1.165, 1.54) is 24.8 Å². The number of carbonyl (C=O) groups excluding carboxylic acids is 1. The summed E-state index contributed by atoms with van der Waals surface area (Å²) in [7, 11) is 0. The van der Waals surface area contributed by atoms with Crippen LogP contribution in [0, 0.1) is 0 Å². The van der Waals surface area contributed by atoms with Crippen molar-refractivity contribution in [1.82, 2.24) is 10.2 Å². The monoisotopic (exact) mass is 313 g/mol. The van der Waals surface area contributed by atoms with Gasteiger partial charge in [0.05, 0.1) is 6.42 Å². The van der Waals surface area contributed by atoms with Crippen LogP contribution < -0.4 is 5.32 Å². The van der Waals surface area contributed by atoms with Gasteiger partial charge in [0.25, 0.3) is 0 Å². The lowest BCUT2D eigenvalue weighted by molar-refractivity contribution is -0.115. The van der Waals surface area contributed by atoms with Gasteiger partial charge in [0, 0.05) is 5.92 Å². The molecule has 1 fully saturated rings. The number of aryl methyl sites for hydroxylation is 1. The highest BCUT2D eigenvalue weighted by Gasteiger charge is 2.21. The number of hydrogen-bond acceptors (Lipinski definition) is 4. The lowest BCUT2D eigenvalue weighted by Gasteiger charge is -2.17. The first-order valence-electron chi connectivity index (χ1n) is 8.45. The zero-order valence-electron chi connectivity index (χ0n) is 13.5. The lowest BCUT2D eigenvalue weighted by Crippen LogP contribution is -2.14. The van der Waals surface area contributed by atoms with E-state index in [0.717, 1.165) is 24.8 Å². The maximum Gasteiger partial charge on any atom is 0.322 e. The fourth-order valence-corrected chi connectivity index (χ4v) is 3.04. The van der Waals surface area contributed by atoms with Crippen LogP contribution in [-0.4, -0.2) is 16.1 Å². The predicted molar refractivity (Wildman–Crippen MR) is 88.3 cm³/mol. The van der Waals surface area contributed by atoms with E-state index in [1.54, 1.807) is 0 Å². The molecule has 1 heterocycles. The van der Waals surface area contributed by atoms with Gasteiger partial charge in [0.2, 0.25) is 11.8 Å². The van der Waals surface area contributed by atoms with Crippen LogP contribution in [0.25, 0.3) is 0 Å². The Morgan fingerprint density at radius 1 is 1.13 bits per heavy atom. The van der Waals surface area contributed by atoms with Crippen molar-refractivity contribution >= 4 is 11.9 Å². The molecule has 1 N–H and O–H groups in total. The number of nitrogens with one attached hydrogen (secondary N) is 1. The first-order valence-corrected chi connectivity index (χ1v) is 8.45. The molecule has 1 aliphatic carbocycles. The summed E-state index contributed by atoms with van der Waals surface area (Å²) >= 11 is 0. The van der Waals surface area contributed by atoms with Gasteiger partial charge in [-0.2, -0.15) is 0 Å². The Morgan fingerprint density at radius 2 is 1.83 bits per heavy atom. The van der Waals surface area contributed by atoms with E-state index in [2.05, 4.69) is 34.6 Å².